The Morgan fingerprint density at radius 3 is 2.57 bits per heavy atom. The summed E-state index contributed by atoms with van der Waals surface area (Å²) in [5, 5.41) is 7.60. The molecule has 7 rings (SSSR count). The molecule has 0 saturated carbocycles. The van der Waals surface area contributed by atoms with Gasteiger partial charge in [0.1, 0.15) is 17.2 Å². The Morgan fingerprint density at radius 1 is 0.957 bits per heavy atom. The first-order chi connectivity index (χ1) is 23.0. The van der Waals surface area contributed by atoms with E-state index in [-0.39, 0.29) is 5.56 Å². The van der Waals surface area contributed by atoms with E-state index in [4.69, 9.17) is 19.2 Å². The van der Waals surface area contributed by atoms with Crippen LogP contribution in [0.5, 0.6) is 11.5 Å². The van der Waals surface area contributed by atoms with Crippen molar-refractivity contribution in [3.8, 4) is 17.2 Å². The number of nitrogens with zero attached hydrogens (tertiary/aromatic N) is 5. The normalized spacial score (nSPS) is 14.8. The number of hydrogen-bond acceptors (Lipinski definition) is 10. The van der Waals surface area contributed by atoms with E-state index in [0.717, 1.165) is 73.0 Å². The maximum Gasteiger partial charge on any atom is 0.280 e. The van der Waals surface area contributed by atoms with Gasteiger partial charge >= 0.3 is 0 Å². The summed E-state index contributed by atoms with van der Waals surface area (Å²) in [6, 6.07) is 21.9. The maximum absolute atomic E-state index is 14.6. The molecule has 0 aliphatic carbocycles. The first-order valence-electron chi connectivity index (χ1n) is 15.9. The Hall–Kier alpha value is -5.13. The molecular formula is C36H39N7O4. The molecule has 0 bridgehead atoms. The van der Waals surface area contributed by atoms with Gasteiger partial charge in [0.05, 0.1) is 44.5 Å². The first-order valence-corrected chi connectivity index (χ1v) is 15.9. The van der Waals surface area contributed by atoms with Crippen LogP contribution < -0.4 is 30.6 Å². The second kappa shape index (κ2) is 13.3. The van der Waals surface area contributed by atoms with Gasteiger partial charge < -0.3 is 29.7 Å². The Balaban J connectivity index is 1.29. The van der Waals surface area contributed by atoms with E-state index in [0.29, 0.717) is 41.9 Å². The van der Waals surface area contributed by atoms with Crippen molar-refractivity contribution in [1.29, 1.82) is 0 Å². The lowest BCUT2D eigenvalue weighted by atomic mass is 10.1. The number of benzene rings is 3. The van der Waals surface area contributed by atoms with Crippen LogP contribution in [0.25, 0.3) is 16.7 Å². The summed E-state index contributed by atoms with van der Waals surface area (Å²) in [5.74, 6) is 1.82. The van der Waals surface area contributed by atoms with Crippen molar-refractivity contribution < 1.29 is 14.2 Å². The van der Waals surface area contributed by atoms with Gasteiger partial charge in [-0.1, -0.05) is 24.3 Å². The van der Waals surface area contributed by atoms with Gasteiger partial charge in [-0.15, -0.1) is 0 Å². The lowest BCUT2D eigenvalue weighted by Crippen LogP contribution is -2.36. The van der Waals surface area contributed by atoms with E-state index >= 15 is 0 Å². The van der Waals surface area contributed by atoms with Gasteiger partial charge in [0.25, 0.3) is 5.56 Å². The molecule has 242 valence electrons. The standard InChI is InChI=1S/C36H39N7O4/c1-24-5-4-6-30-33(24)37-13-14-42(30)31-19-27-22-39-36(38-21-26-9-12-29(45-2)20-32(26)46-3)40-34(27)43(35(31)44)28-10-7-25(8-11-28)23-41-15-17-47-18-16-41/h4-12,19-20,22,37H,13-18,21,23H2,1-3H3,(H,38,39,40). The van der Waals surface area contributed by atoms with E-state index in [9.17, 15) is 4.79 Å². The largest absolute Gasteiger partial charge is 0.497 e. The predicted octanol–water partition coefficient (Wildman–Crippen LogP) is 5.11. The molecule has 2 N–H and O–H groups in total. The summed E-state index contributed by atoms with van der Waals surface area (Å²) in [6.45, 7) is 8.04. The predicted molar refractivity (Wildman–Crippen MR) is 185 cm³/mol. The molecule has 0 atom stereocenters. The van der Waals surface area contributed by atoms with Crippen LogP contribution in [0.3, 0.4) is 0 Å². The second-order valence-corrected chi connectivity index (χ2v) is 11.8. The molecule has 2 aliphatic rings. The van der Waals surface area contributed by atoms with Gasteiger partial charge in [0, 0.05) is 62.5 Å². The molecule has 0 radical (unpaired) electrons. The summed E-state index contributed by atoms with van der Waals surface area (Å²) in [4.78, 5) is 28.6. The van der Waals surface area contributed by atoms with Crippen LogP contribution in [-0.4, -0.2) is 73.0 Å². The average Bonchev–Trinajstić information content (AvgIpc) is 3.11. The number of morpholine rings is 1. The van der Waals surface area contributed by atoms with Crippen LogP contribution in [-0.2, 0) is 17.8 Å². The molecule has 1 fully saturated rings. The zero-order chi connectivity index (χ0) is 32.3. The highest BCUT2D eigenvalue weighted by molar-refractivity contribution is 5.86. The van der Waals surface area contributed by atoms with Crippen molar-refractivity contribution in [2.24, 2.45) is 0 Å². The van der Waals surface area contributed by atoms with Crippen LogP contribution in [0.1, 0.15) is 16.7 Å². The lowest BCUT2D eigenvalue weighted by molar-refractivity contribution is 0.0342. The zero-order valence-corrected chi connectivity index (χ0v) is 27.0. The van der Waals surface area contributed by atoms with Crippen molar-refractivity contribution in [2.45, 2.75) is 20.0 Å². The number of fused-ring (bicyclic) bond motifs is 2. The molecule has 2 aromatic heterocycles. The molecule has 1 saturated heterocycles. The summed E-state index contributed by atoms with van der Waals surface area (Å²) in [5.41, 5.74) is 6.97. The third-order valence-electron chi connectivity index (χ3n) is 8.83. The Kier molecular flexibility index (Phi) is 8.64. The smallest absolute Gasteiger partial charge is 0.280 e. The molecule has 4 heterocycles. The van der Waals surface area contributed by atoms with Gasteiger partial charge in [-0.2, -0.15) is 4.98 Å². The van der Waals surface area contributed by atoms with Gasteiger partial charge in [0.2, 0.25) is 5.95 Å². The number of para-hydroxylation sites is 1. The van der Waals surface area contributed by atoms with Crippen LogP contribution in [0.2, 0.25) is 0 Å². The van der Waals surface area contributed by atoms with E-state index in [2.05, 4.69) is 56.6 Å². The van der Waals surface area contributed by atoms with Crippen LogP contribution in [0, 0.1) is 6.92 Å². The van der Waals surface area contributed by atoms with Gasteiger partial charge in [-0.3, -0.25) is 14.3 Å². The minimum absolute atomic E-state index is 0.144. The number of ether oxygens (including phenoxy) is 3. The van der Waals surface area contributed by atoms with Crippen molar-refractivity contribution >= 4 is 34.0 Å². The highest BCUT2D eigenvalue weighted by Crippen LogP contribution is 2.36. The quantitative estimate of drug-likeness (QED) is 0.227. The molecule has 11 heteroatoms. The Morgan fingerprint density at radius 2 is 1.79 bits per heavy atom. The van der Waals surface area contributed by atoms with E-state index in [1.807, 2.05) is 42.5 Å². The minimum atomic E-state index is -0.144. The van der Waals surface area contributed by atoms with Gasteiger partial charge in [0.15, 0.2) is 5.65 Å². The topological polar surface area (TPSA) is 106 Å². The first kappa shape index (κ1) is 30.5. The van der Waals surface area contributed by atoms with E-state index < -0.39 is 0 Å². The van der Waals surface area contributed by atoms with Crippen molar-refractivity contribution in [3.05, 3.63) is 100.0 Å². The number of nitrogens with one attached hydrogen (secondary N) is 2. The third-order valence-corrected chi connectivity index (χ3v) is 8.83. The molecule has 0 amide bonds. The third kappa shape index (κ3) is 6.19. The minimum Gasteiger partial charge on any atom is -0.497 e. The SMILES string of the molecule is COc1ccc(CNc2ncc3cc(N4CCNc5c(C)cccc54)c(=O)n(-c4ccc(CN5CCOCC5)cc4)c3n2)c(OC)c1. The molecular weight excluding hydrogens is 594 g/mol. The number of methoxy groups -OCH3 is 2. The van der Waals surface area contributed by atoms with Crippen LogP contribution in [0.15, 0.2) is 77.7 Å². The molecule has 0 spiro atoms. The highest BCUT2D eigenvalue weighted by atomic mass is 16.5. The summed E-state index contributed by atoms with van der Waals surface area (Å²) in [7, 11) is 3.26. The van der Waals surface area contributed by atoms with Gasteiger partial charge in [-0.05, 0) is 54.4 Å². The zero-order valence-electron chi connectivity index (χ0n) is 27.0. The molecule has 3 aromatic carbocycles. The number of aryl methyl sites for hydroxylation is 1. The highest BCUT2D eigenvalue weighted by Gasteiger charge is 2.24. The van der Waals surface area contributed by atoms with Crippen molar-refractivity contribution in [2.75, 3.05) is 69.1 Å². The summed E-state index contributed by atoms with van der Waals surface area (Å²) < 4.78 is 18.1. The van der Waals surface area contributed by atoms with Crippen LogP contribution in [0.4, 0.5) is 23.0 Å². The second-order valence-electron chi connectivity index (χ2n) is 11.8. The lowest BCUT2D eigenvalue weighted by Gasteiger charge is -2.33. The number of hydrogen-bond donors (Lipinski definition) is 2. The van der Waals surface area contributed by atoms with E-state index in [1.54, 1.807) is 25.0 Å². The Labute approximate surface area is 273 Å². The maximum atomic E-state index is 14.6. The van der Waals surface area contributed by atoms with Crippen LogP contribution >= 0.6 is 0 Å². The number of anilines is 4. The van der Waals surface area contributed by atoms with Crippen molar-refractivity contribution in [3.63, 3.8) is 0 Å². The fourth-order valence-corrected chi connectivity index (χ4v) is 6.31. The Bertz CT molecular complexity index is 1950. The molecule has 47 heavy (non-hydrogen) atoms. The number of rotatable bonds is 9. The average molecular weight is 634 g/mol. The fraction of sp³-hybridized carbons (Fsp3) is 0.306. The van der Waals surface area contributed by atoms with E-state index in [1.165, 1.54) is 5.56 Å². The number of aromatic nitrogens is 3. The molecule has 2 aliphatic heterocycles. The van der Waals surface area contributed by atoms with Crippen molar-refractivity contribution in [1.82, 2.24) is 19.4 Å². The van der Waals surface area contributed by atoms with Gasteiger partial charge in [-0.25, -0.2) is 4.98 Å². The summed E-state index contributed by atoms with van der Waals surface area (Å²) >= 11 is 0. The molecule has 11 nitrogen and oxygen atoms in total. The molecule has 5 aromatic rings. The number of pyridine rings is 1. The fourth-order valence-electron chi connectivity index (χ4n) is 6.31. The monoisotopic (exact) mass is 633 g/mol. The molecule has 0 unspecified atom stereocenters. The summed E-state index contributed by atoms with van der Waals surface area (Å²) in [6.07, 6.45) is 1.78.